The van der Waals surface area contributed by atoms with E-state index < -0.39 is 0 Å². The first-order chi connectivity index (χ1) is 19.9. The molecule has 0 saturated carbocycles. The minimum absolute atomic E-state index is 0. The second-order valence-electron chi connectivity index (χ2n) is 10.6. The normalized spacial score (nSPS) is 15.6. The fourth-order valence-corrected chi connectivity index (χ4v) is 6.21. The number of fused-ring (bicyclic) bond motifs is 4. The second-order valence-corrected chi connectivity index (χ2v) is 10.6. The minimum Gasteiger partial charge on any atom is -0.412 e. The lowest BCUT2D eigenvalue weighted by atomic mass is 9.91. The molecule has 4 aliphatic rings. The molecule has 7 nitrogen and oxygen atoms in total. The van der Waals surface area contributed by atoms with Gasteiger partial charge in [0.1, 0.15) is 11.6 Å². The van der Waals surface area contributed by atoms with Gasteiger partial charge in [-0.25, -0.2) is 9.97 Å². The summed E-state index contributed by atoms with van der Waals surface area (Å²) in [7, 11) is 0. The number of aromatic nitrogens is 4. The van der Waals surface area contributed by atoms with Crippen LogP contribution in [0.5, 0.6) is 0 Å². The lowest BCUT2D eigenvalue weighted by Crippen LogP contribution is -2.24. The molecule has 0 spiro atoms. The topological polar surface area (TPSA) is 91.2 Å². The van der Waals surface area contributed by atoms with E-state index in [4.69, 9.17) is 0 Å². The largest absolute Gasteiger partial charge is 0.412 e. The van der Waals surface area contributed by atoms with E-state index in [0.717, 1.165) is 63.5 Å². The lowest BCUT2D eigenvalue weighted by Gasteiger charge is -2.20. The van der Waals surface area contributed by atoms with Gasteiger partial charge in [-0.1, -0.05) is 59.7 Å². The summed E-state index contributed by atoms with van der Waals surface area (Å²) in [6.45, 7) is 4.26. The Hall–Kier alpha value is -2.38. The lowest BCUT2D eigenvalue weighted by molar-refractivity contribution is 0.611. The van der Waals surface area contributed by atoms with Gasteiger partial charge in [0, 0.05) is 48.3 Å². The molecule has 4 aliphatic heterocycles. The third-order valence-electron chi connectivity index (χ3n) is 8.20. The molecule has 2 fully saturated rings. The van der Waals surface area contributed by atoms with Gasteiger partial charge in [-0.2, -0.15) is 0 Å². The molecule has 0 radical (unpaired) electrons. The smallest absolute Gasteiger partial charge is 0.144 e. The highest BCUT2D eigenvalue weighted by Gasteiger charge is 2.22. The molecule has 0 aliphatic carbocycles. The number of benzene rings is 2. The standard InChI is InChI=1S/2C17H17N3.4BrH.H2O/c2*1-2-4-15-13(3-1)7-11-20-12-10-19-17(20)16(15)14-5-8-18-9-6-14;;;;;/h2*1-4,7,10-12,18H,5-6,8-9H2;4*1H;1H2. The molecule has 45 heavy (non-hydrogen) atoms. The Bertz CT molecular complexity index is 1550. The first-order valence-electron chi connectivity index (χ1n) is 14.3. The van der Waals surface area contributed by atoms with Crippen LogP contribution in [0.4, 0.5) is 0 Å². The zero-order valence-corrected chi connectivity index (χ0v) is 31.7. The number of hydrogen-bond acceptors (Lipinski definition) is 4. The van der Waals surface area contributed by atoms with E-state index in [-0.39, 0.29) is 73.4 Å². The predicted octanol–water partition coefficient (Wildman–Crippen LogP) is 7.51. The second kappa shape index (κ2) is 18.1. The van der Waals surface area contributed by atoms with Crippen molar-refractivity contribution in [3.05, 3.63) is 118 Å². The number of rotatable bonds is 0. The van der Waals surface area contributed by atoms with Gasteiger partial charge < -0.3 is 25.2 Å². The van der Waals surface area contributed by atoms with Crippen LogP contribution in [0.1, 0.15) is 59.6 Å². The summed E-state index contributed by atoms with van der Waals surface area (Å²) in [6, 6.07) is 17.2. The number of imidazole rings is 2. The van der Waals surface area contributed by atoms with Gasteiger partial charge in [-0.05, 0) is 86.3 Å². The fraction of sp³-hybridized carbons (Fsp3) is 0.235. The van der Waals surface area contributed by atoms with Crippen molar-refractivity contribution in [3.63, 3.8) is 0 Å². The van der Waals surface area contributed by atoms with Crippen molar-refractivity contribution in [1.82, 2.24) is 29.7 Å². The van der Waals surface area contributed by atoms with E-state index in [1.165, 1.54) is 44.5 Å². The summed E-state index contributed by atoms with van der Waals surface area (Å²) in [5.74, 6) is 2.14. The highest BCUT2D eigenvalue weighted by Crippen LogP contribution is 2.36. The summed E-state index contributed by atoms with van der Waals surface area (Å²) in [4.78, 5) is 9.21. The predicted molar refractivity (Wildman–Crippen MR) is 209 cm³/mol. The number of nitrogens with one attached hydrogen (secondary N) is 2. The SMILES string of the molecule is Br.Br.Br.Br.C1=Cn2ccnc2C(=C2CCNCC2)c2ccccc21.C1=Cn2ccnc2C(=C2CCNCC2)c2ccccc21.O. The van der Waals surface area contributed by atoms with E-state index >= 15 is 0 Å². The molecule has 8 rings (SSSR count). The van der Waals surface area contributed by atoms with Crippen LogP contribution in [-0.2, 0) is 0 Å². The summed E-state index contributed by atoms with van der Waals surface area (Å²) in [6.07, 6.45) is 20.8. The molecule has 2 aromatic carbocycles. The van der Waals surface area contributed by atoms with Gasteiger partial charge in [0.2, 0.25) is 0 Å². The molecule has 6 heterocycles. The molecule has 4 aromatic rings. The van der Waals surface area contributed by atoms with Crippen LogP contribution in [0.25, 0.3) is 35.7 Å². The van der Waals surface area contributed by atoms with Crippen LogP contribution >= 0.6 is 67.9 Å². The van der Waals surface area contributed by atoms with Crippen molar-refractivity contribution < 1.29 is 5.48 Å². The molecule has 11 heteroatoms. The third kappa shape index (κ3) is 8.13. The van der Waals surface area contributed by atoms with Crippen LogP contribution in [0.2, 0.25) is 0 Å². The molecule has 2 aromatic heterocycles. The molecule has 240 valence electrons. The quantitative estimate of drug-likeness (QED) is 0.166. The first kappa shape index (κ1) is 38.8. The third-order valence-corrected chi connectivity index (χ3v) is 8.20. The minimum atomic E-state index is 0. The summed E-state index contributed by atoms with van der Waals surface area (Å²) < 4.78 is 4.26. The highest BCUT2D eigenvalue weighted by atomic mass is 79.9. The van der Waals surface area contributed by atoms with E-state index in [2.05, 4.69) is 103 Å². The molecule has 0 amide bonds. The maximum atomic E-state index is 4.61. The monoisotopic (exact) mass is 864 g/mol. The van der Waals surface area contributed by atoms with Crippen LogP contribution in [0, 0.1) is 0 Å². The Morgan fingerprint density at radius 3 is 1.31 bits per heavy atom. The average molecular weight is 868 g/mol. The van der Waals surface area contributed by atoms with Crippen molar-refractivity contribution >= 4 is 104 Å². The Kier molecular flexibility index (Phi) is 15.6. The van der Waals surface area contributed by atoms with Gasteiger partial charge >= 0.3 is 0 Å². The van der Waals surface area contributed by atoms with Gasteiger partial charge in [-0.3, -0.25) is 0 Å². The Morgan fingerprint density at radius 1 is 0.533 bits per heavy atom. The molecule has 4 N–H and O–H groups in total. The summed E-state index contributed by atoms with van der Waals surface area (Å²) in [5, 5.41) is 6.87. The zero-order chi connectivity index (χ0) is 26.7. The summed E-state index contributed by atoms with van der Waals surface area (Å²) >= 11 is 0. The average Bonchev–Trinajstić information content (AvgIpc) is 3.61. The molecule has 2 saturated heterocycles. The number of halogens is 4. The van der Waals surface area contributed by atoms with Crippen molar-refractivity contribution in [1.29, 1.82) is 0 Å². The van der Waals surface area contributed by atoms with Crippen molar-refractivity contribution in [3.8, 4) is 0 Å². The molecular formula is C34H40Br4N6O. The van der Waals surface area contributed by atoms with E-state index in [1.54, 1.807) is 0 Å². The van der Waals surface area contributed by atoms with Gasteiger partial charge in [0.05, 0.1) is 0 Å². The van der Waals surface area contributed by atoms with Gasteiger partial charge in [0.25, 0.3) is 0 Å². The maximum absolute atomic E-state index is 4.61. The van der Waals surface area contributed by atoms with Gasteiger partial charge in [-0.15, -0.1) is 67.9 Å². The Labute approximate surface area is 307 Å². The van der Waals surface area contributed by atoms with E-state index in [1.807, 2.05) is 24.8 Å². The molecule has 0 atom stereocenters. The maximum Gasteiger partial charge on any atom is 0.144 e. The zero-order valence-electron chi connectivity index (χ0n) is 24.8. The Morgan fingerprint density at radius 2 is 0.911 bits per heavy atom. The van der Waals surface area contributed by atoms with E-state index in [9.17, 15) is 0 Å². The van der Waals surface area contributed by atoms with E-state index in [0.29, 0.717) is 0 Å². The fourth-order valence-electron chi connectivity index (χ4n) is 6.21. The van der Waals surface area contributed by atoms with Crippen molar-refractivity contribution in [2.75, 3.05) is 26.2 Å². The highest BCUT2D eigenvalue weighted by molar-refractivity contribution is 8.93. The number of nitrogens with zero attached hydrogens (tertiary/aromatic N) is 4. The van der Waals surface area contributed by atoms with Crippen LogP contribution < -0.4 is 10.6 Å². The van der Waals surface area contributed by atoms with Crippen molar-refractivity contribution in [2.45, 2.75) is 25.7 Å². The molecule has 0 unspecified atom stereocenters. The van der Waals surface area contributed by atoms with Crippen LogP contribution in [-0.4, -0.2) is 50.8 Å². The van der Waals surface area contributed by atoms with Crippen molar-refractivity contribution in [2.24, 2.45) is 0 Å². The molecular weight excluding hydrogens is 828 g/mol. The molecule has 0 bridgehead atoms. The Balaban J connectivity index is 0.000000282. The van der Waals surface area contributed by atoms with Gasteiger partial charge in [0.15, 0.2) is 0 Å². The van der Waals surface area contributed by atoms with Crippen LogP contribution in [0.15, 0.2) is 84.5 Å². The number of hydrogen-bond donors (Lipinski definition) is 2. The van der Waals surface area contributed by atoms with Crippen LogP contribution in [0.3, 0.4) is 0 Å². The number of piperidine rings is 2. The summed E-state index contributed by atoms with van der Waals surface area (Å²) in [5.41, 5.74) is 10.9. The first-order valence-corrected chi connectivity index (χ1v) is 14.3.